The Morgan fingerprint density at radius 1 is 1.32 bits per heavy atom. The Bertz CT molecular complexity index is 567. The van der Waals surface area contributed by atoms with Gasteiger partial charge in [0, 0.05) is 56.5 Å². The average molecular weight is 370 g/mol. The van der Waals surface area contributed by atoms with Crippen LogP contribution in [0.4, 0.5) is 4.39 Å². The van der Waals surface area contributed by atoms with Crippen molar-refractivity contribution >= 4 is 17.5 Å². The highest BCUT2D eigenvalue weighted by Gasteiger charge is 2.23. The molecule has 0 spiro atoms. The molecule has 3 rings (SSSR count). The molecule has 2 saturated heterocycles. The van der Waals surface area contributed by atoms with E-state index < -0.39 is 0 Å². The lowest BCUT2D eigenvalue weighted by atomic mass is 10.2. The van der Waals surface area contributed by atoms with Gasteiger partial charge in [0.05, 0.1) is 12.6 Å². The van der Waals surface area contributed by atoms with Crippen LogP contribution in [-0.2, 0) is 16.1 Å². The topological polar surface area (TPSA) is 44.8 Å². The highest BCUT2D eigenvalue weighted by atomic mass is 35.5. The maximum Gasteiger partial charge on any atom is 0.236 e. The van der Waals surface area contributed by atoms with Crippen LogP contribution in [0.2, 0.25) is 5.02 Å². The quantitative estimate of drug-likeness (QED) is 0.831. The van der Waals surface area contributed by atoms with Crippen LogP contribution in [-0.4, -0.2) is 67.7 Å². The number of nitrogens with zero attached hydrogens (tertiary/aromatic N) is 2. The molecule has 1 atom stereocenters. The Labute approximate surface area is 153 Å². The van der Waals surface area contributed by atoms with Crippen LogP contribution in [0.25, 0.3) is 0 Å². The molecular weight excluding hydrogens is 345 g/mol. The van der Waals surface area contributed by atoms with E-state index in [0.29, 0.717) is 36.8 Å². The lowest BCUT2D eigenvalue weighted by Crippen LogP contribution is -2.50. The normalized spacial score (nSPS) is 21.7. The van der Waals surface area contributed by atoms with E-state index in [1.165, 1.54) is 6.07 Å². The van der Waals surface area contributed by atoms with Crippen LogP contribution in [0.3, 0.4) is 0 Å². The van der Waals surface area contributed by atoms with E-state index in [1.54, 1.807) is 12.1 Å². The van der Waals surface area contributed by atoms with E-state index in [4.69, 9.17) is 16.3 Å². The number of hydrogen-bond donors (Lipinski definition) is 1. The number of ether oxygens (including phenoxy) is 1. The molecule has 2 aliphatic heterocycles. The summed E-state index contributed by atoms with van der Waals surface area (Å²) in [5.74, 6) is -0.161. The Morgan fingerprint density at radius 3 is 2.80 bits per heavy atom. The third kappa shape index (κ3) is 5.14. The van der Waals surface area contributed by atoms with E-state index in [1.807, 2.05) is 4.90 Å². The Morgan fingerprint density at radius 2 is 2.12 bits per heavy atom. The zero-order chi connectivity index (χ0) is 17.6. The number of nitrogens with one attached hydrogen (secondary N) is 1. The fraction of sp³-hybridized carbons (Fsp3) is 0.611. The number of carbonyl (C=O) groups excluding carboxylic acids is 1. The van der Waals surface area contributed by atoms with Gasteiger partial charge in [0.2, 0.25) is 5.91 Å². The van der Waals surface area contributed by atoms with Crippen molar-refractivity contribution in [2.45, 2.75) is 25.5 Å². The first-order valence-electron chi connectivity index (χ1n) is 8.89. The number of hydrogen-bond acceptors (Lipinski definition) is 4. The van der Waals surface area contributed by atoms with Gasteiger partial charge in [-0.3, -0.25) is 9.69 Å². The predicted octanol–water partition coefficient (Wildman–Crippen LogP) is 1.89. The van der Waals surface area contributed by atoms with Crippen LogP contribution in [0.5, 0.6) is 0 Å². The molecule has 2 aliphatic rings. The van der Waals surface area contributed by atoms with Crippen LogP contribution in [0, 0.1) is 5.82 Å². The first-order valence-corrected chi connectivity index (χ1v) is 9.26. The molecule has 2 fully saturated rings. The summed E-state index contributed by atoms with van der Waals surface area (Å²) in [6, 6.07) is 4.75. The Hall–Kier alpha value is -1.21. The zero-order valence-corrected chi connectivity index (χ0v) is 15.1. The Kier molecular flexibility index (Phi) is 6.64. The van der Waals surface area contributed by atoms with E-state index in [9.17, 15) is 9.18 Å². The van der Waals surface area contributed by atoms with Gasteiger partial charge in [0.1, 0.15) is 5.82 Å². The largest absolute Gasteiger partial charge is 0.377 e. The SMILES string of the molecule is O=C(CNCC1CCCO1)N1CCN(Cc2c(F)cccc2Cl)CC1. The molecule has 5 nitrogen and oxygen atoms in total. The first kappa shape index (κ1) is 18.6. The second-order valence-electron chi connectivity index (χ2n) is 6.62. The van der Waals surface area contributed by atoms with Crippen molar-refractivity contribution in [2.75, 3.05) is 45.9 Å². The molecule has 0 saturated carbocycles. The van der Waals surface area contributed by atoms with E-state index in [2.05, 4.69) is 10.2 Å². The Balaban J connectivity index is 1.39. The molecule has 1 amide bonds. The number of rotatable bonds is 6. The van der Waals surface area contributed by atoms with Gasteiger partial charge in [0.15, 0.2) is 0 Å². The minimum Gasteiger partial charge on any atom is -0.377 e. The summed E-state index contributed by atoms with van der Waals surface area (Å²) in [7, 11) is 0. The number of carbonyl (C=O) groups is 1. The number of halogens is 2. The maximum atomic E-state index is 13.9. The second-order valence-corrected chi connectivity index (χ2v) is 7.03. The lowest BCUT2D eigenvalue weighted by molar-refractivity contribution is -0.132. The van der Waals surface area contributed by atoms with Crippen LogP contribution < -0.4 is 5.32 Å². The third-order valence-corrected chi connectivity index (χ3v) is 5.19. The molecule has 0 aromatic heterocycles. The smallest absolute Gasteiger partial charge is 0.236 e. The van der Waals surface area contributed by atoms with Gasteiger partial charge in [0.25, 0.3) is 0 Å². The van der Waals surface area contributed by atoms with E-state index in [0.717, 1.165) is 39.1 Å². The van der Waals surface area contributed by atoms with Crippen LogP contribution >= 0.6 is 11.6 Å². The summed E-state index contributed by atoms with van der Waals surface area (Å²) in [5, 5.41) is 3.65. The van der Waals surface area contributed by atoms with Crippen molar-refractivity contribution in [3.05, 3.63) is 34.6 Å². The third-order valence-electron chi connectivity index (χ3n) is 4.84. The molecule has 1 unspecified atom stereocenters. The minimum absolute atomic E-state index is 0.113. The summed E-state index contributed by atoms with van der Waals surface area (Å²) < 4.78 is 19.4. The van der Waals surface area contributed by atoms with Gasteiger partial charge in [-0.1, -0.05) is 17.7 Å². The van der Waals surface area contributed by atoms with Crippen LogP contribution in [0.1, 0.15) is 18.4 Å². The summed E-state index contributed by atoms with van der Waals surface area (Å²) in [6.07, 6.45) is 2.42. The lowest BCUT2D eigenvalue weighted by Gasteiger charge is -2.35. The van der Waals surface area contributed by atoms with Crippen molar-refractivity contribution in [1.82, 2.24) is 15.1 Å². The summed E-state index contributed by atoms with van der Waals surface area (Å²) in [5.41, 5.74) is 0.530. The van der Waals surface area contributed by atoms with Crippen LogP contribution in [0.15, 0.2) is 18.2 Å². The average Bonchev–Trinajstić information content (AvgIpc) is 3.12. The first-order chi connectivity index (χ1) is 12.1. The minimum atomic E-state index is -0.274. The zero-order valence-electron chi connectivity index (χ0n) is 14.3. The van der Waals surface area contributed by atoms with Crippen molar-refractivity contribution in [2.24, 2.45) is 0 Å². The van der Waals surface area contributed by atoms with Gasteiger partial charge in [-0.15, -0.1) is 0 Å². The molecular formula is C18H25ClFN3O2. The standard InChI is InChI=1S/C18H25ClFN3O2/c19-16-4-1-5-17(20)15(16)13-22-6-8-23(9-7-22)18(24)12-21-11-14-3-2-10-25-14/h1,4-5,14,21H,2-3,6-13H2. The van der Waals surface area contributed by atoms with Gasteiger partial charge in [-0.05, 0) is 25.0 Å². The molecule has 25 heavy (non-hydrogen) atoms. The highest BCUT2D eigenvalue weighted by molar-refractivity contribution is 6.31. The van der Waals surface area contributed by atoms with E-state index >= 15 is 0 Å². The molecule has 1 aromatic carbocycles. The number of amides is 1. The second kappa shape index (κ2) is 8.94. The molecule has 138 valence electrons. The fourth-order valence-corrected chi connectivity index (χ4v) is 3.54. The summed E-state index contributed by atoms with van der Waals surface area (Å²) in [6.45, 7) is 5.15. The van der Waals surface area contributed by atoms with Gasteiger partial charge < -0.3 is 15.0 Å². The van der Waals surface area contributed by atoms with Crippen molar-refractivity contribution in [3.8, 4) is 0 Å². The highest BCUT2D eigenvalue weighted by Crippen LogP contribution is 2.21. The number of benzene rings is 1. The van der Waals surface area contributed by atoms with Gasteiger partial charge in [-0.25, -0.2) is 4.39 Å². The molecule has 0 aliphatic carbocycles. The van der Waals surface area contributed by atoms with Crippen molar-refractivity contribution < 1.29 is 13.9 Å². The molecule has 0 bridgehead atoms. The van der Waals surface area contributed by atoms with Gasteiger partial charge >= 0.3 is 0 Å². The molecule has 1 aromatic rings. The van der Waals surface area contributed by atoms with Gasteiger partial charge in [-0.2, -0.15) is 0 Å². The predicted molar refractivity (Wildman–Crippen MR) is 95.1 cm³/mol. The molecule has 0 radical (unpaired) electrons. The molecule has 7 heteroatoms. The summed E-state index contributed by atoms with van der Waals surface area (Å²) >= 11 is 6.09. The maximum absolute atomic E-state index is 13.9. The molecule has 2 heterocycles. The van der Waals surface area contributed by atoms with Crippen molar-refractivity contribution in [1.29, 1.82) is 0 Å². The number of piperazine rings is 1. The molecule has 1 N–H and O–H groups in total. The monoisotopic (exact) mass is 369 g/mol. The summed E-state index contributed by atoms with van der Waals surface area (Å²) in [4.78, 5) is 16.3. The van der Waals surface area contributed by atoms with Crippen molar-refractivity contribution in [3.63, 3.8) is 0 Å². The fourth-order valence-electron chi connectivity index (χ4n) is 3.32. The van der Waals surface area contributed by atoms with E-state index in [-0.39, 0.29) is 17.8 Å².